The molecule has 1 spiro atoms. The topological polar surface area (TPSA) is 11.4 Å². The van der Waals surface area contributed by atoms with Crippen LogP contribution in [-0.2, 0) is 12.5 Å². The van der Waals surface area contributed by atoms with Crippen LogP contribution in [0.15, 0.2) is 291 Å². The maximum Gasteiger partial charge on any atom is 0.0727 e. The van der Waals surface area contributed by atoms with Crippen LogP contribution >= 0.6 is 0 Å². The Labute approximate surface area is 459 Å². The number of hydrogen-bond donors (Lipinski definition) is 0. The van der Waals surface area contributed by atoms with Gasteiger partial charge in [0.15, 0.2) is 0 Å². The Bertz CT molecular complexity index is 4690. The first-order valence-corrected chi connectivity index (χ1v) is 27.4. The Morgan fingerprint density at radius 3 is 1.20 bits per heavy atom. The van der Waals surface area contributed by atoms with Crippen molar-refractivity contribution in [1.29, 1.82) is 0 Å². The van der Waals surface area contributed by atoms with E-state index in [1.807, 2.05) is 0 Å². The molecule has 1 atom stereocenters. The molecule has 0 saturated carbocycles. The zero-order valence-electron chi connectivity index (χ0n) is 43.6. The lowest BCUT2D eigenvalue weighted by molar-refractivity contribution is 0.793. The summed E-state index contributed by atoms with van der Waals surface area (Å²) in [6, 6.07) is 109. The van der Waals surface area contributed by atoms with E-state index in [1.165, 1.54) is 99.0 Å². The summed E-state index contributed by atoms with van der Waals surface area (Å²) in [5, 5.41) is 7.36. The van der Waals surface area contributed by atoms with Gasteiger partial charge in [-0.1, -0.05) is 200 Å². The van der Waals surface area contributed by atoms with E-state index in [4.69, 9.17) is 0 Å². The highest BCUT2D eigenvalue weighted by Crippen LogP contribution is 2.66. The number of benzene rings is 13. The third-order valence-corrected chi connectivity index (χ3v) is 17.1. The van der Waals surface area contributed by atoms with Crippen molar-refractivity contribution in [1.82, 2.24) is 4.57 Å². The molecule has 0 radical (unpaired) electrons. The van der Waals surface area contributed by atoms with Crippen molar-refractivity contribution in [3.63, 3.8) is 0 Å². The smallest absolute Gasteiger partial charge is 0.0727 e. The van der Waals surface area contributed by atoms with Crippen LogP contribution in [0.5, 0.6) is 0 Å². The predicted molar refractivity (Wildman–Crippen MR) is 332 cm³/mol. The van der Waals surface area contributed by atoms with Crippen LogP contribution in [0.25, 0.3) is 87.9 Å². The number of fused-ring (bicyclic) bond motifs is 15. The van der Waals surface area contributed by atoms with Gasteiger partial charge >= 0.3 is 0 Å². The largest absolute Gasteiger partial charge is 0.344 e. The predicted octanol–water partition coefficient (Wildman–Crippen LogP) is 20.3. The van der Waals surface area contributed by atoms with Gasteiger partial charge in [-0.25, -0.2) is 0 Å². The van der Waals surface area contributed by atoms with Crippen molar-refractivity contribution in [3.05, 3.63) is 313 Å². The summed E-state index contributed by atoms with van der Waals surface area (Å²) < 4.78 is 2.35. The van der Waals surface area contributed by atoms with Crippen LogP contribution < -0.4 is 9.80 Å². The summed E-state index contributed by atoms with van der Waals surface area (Å²) in [5.74, 6) is 0. The Kier molecular flexibility index (Phi) is 10.1. The van der Waals surface area contributed by atoms with Crippen LogP contribution in [0.4, 0.5) is 34.1 Å². The Balaban J connectivity index is 1.03. The minimum atomic E-state index is -0.702. The zero-order chi connectivity index (χ0) is 52.2. The van der Waals surface area contributed by atoms with E-state index in [9.17, 15) is 0 Å². The maximum atomic E-state index is 2.58. The fourth-order valence-electron chi connectivity index (χ4n) is 13.6. The number of anilines is 6. The molecule has 13 aromatic carbocycles. The van der Waals surface area contributed by atoms with Crippen LogP contribution in [0, 0.1) is 0 Å². The standard InChI is InChI=1S/C76H51N3/c1-77-72-36-20-17-33-62(72)63-42-41-59(45-73(63)77)79(58-29-9-4-10-30-58)75-49-71-67(47-65(75)55-40-38-51-22-12-14-24-53(51)44-55)61-32-16-19-35-69(61)76(71)68-34-18-15-31-60(68)66-46-64(54-39-37-50-21-11-13-23-52(50)43-54)74(48-70(66)76)78(56-25-5-2-6-26-56)57-27-7-3-8-28-57/h2-49H,1H3. The Hall–Kier alpha value is -10.2. The quantitative estimate of drug-likeness (QED) is 0.150. The zero-order valence-corrected chi connectivity index (χ0v) is 43.6. The van der Waals surface area contributed by atoms with E-state index in [-0.39, 0.29) is 0 Å². The van der Waals surface area contributed by atoms with E-state index >= 15 is 0 Å². The molecule has 0 amide bonds. The summed E-state index contributed by atoms with van der Waals surface area (Å²) >= 11 is 0. The molecule has 2 aliphatic rings. The van der Waals surface area contributed by atoms with Crippen LogP contribution in [0.3, 0.4) is 0 Å². The molecule has 0 saturated heterocycles. The average molecular weight is 1010 g/mol. The number of aryl methyl sites for hydroxylation is 1. The molecule has 16 rings (SSSR count). The number of rotatable bonds is 8. The van der Waals surface area contributed by atoms with E-state index in [0.717, 1.165) is 45.3 Å². The second-order valence-electron chi connectivity index (χ2n) is 21.2. The fourth-order valence-corrected chi connectivity index (χ4v) is 13.6. The molecule has 0 fully saturated rings. The number of hydrogen-bond acceptors (Lipinski definition) is 2. The van der Waals surface area contributed by atoms with Gasteiger partial charge in [0.2, 0.25) is 0 Å². The first-order valence-electron chi connectivity index (χ1n) is 27.4. The molecular weight excluding hydrogens is 955 g/mol. The van der Waals surface area contributed by atoms with Crippen molar-refractivity contribution in [3.8, 4) is 44.5 Å². The molecule has 3 nitrogen and oxygen atoms in total. The highest BCUT2D eigenvalue weighted by Gasteiger charge is 2.53. The first kappa shape index (κ1) is 45.0. The Morgan fingerprint density at radius 2 is 0.684 bits per heavy atom. The third-order valence-electron chi connectivity index (χ3n) is 17.1. The molecule has 1 aromatic heterocycles. The van der Waals surface area contributed by atoms with Crippen molar-refractivity contribution in [2.45, 2.75) is 5.41 Å². The van der Waals surface area contributed by atoms with Gasteiger partial charge in [-0.3, -0.25) is 0 Å². The number of para-hydroxylation sites is 4. The van der Waals surface area contributed by atoms with Crippen molar-refractivity contribution >= 4 is 77.5 Å². The van der Waals surface area contributed by atoms with E-state index in [1.54, 1.807) is 0 Å². The highest BCUT2D eigenvalue weighted by atomic mass is 15.2. The lowest BCUT2D eigenvalue weighted by atomic mass is 9.70. The number of aromatic nitrogens is 1. The van der Waals surface area contributed by atoms with Gasteiger partial charge in [-0.05, 0) is 168 Å². The van der Waals surface area contributed by atoms with Crippen LogP contribution in [0.1, 0.15) is 22.3 Å². The maximum absolute atomic E-state index is 2.58. The minimum absolute atomic E-state index is 0.702. The minimum Gasteiger partial charge on any atom is -0.344 e. The highest BCUT2D eigenvalue weighted by molar-refractivity contribution is 6.10. The molecular formula is C76H51N3. The SMILES string of the molecule is Cn1c2ccccc2c2ccc(N(c3ccccc3)c3cc4c(cc3-c3ccc5ccccc5c3)-c3ccccc3C43c4ccccc4-c4cc(-c5ccc6ccccc6c5)c(N(c5ccccc5)c5ccccc5)cc43)cc21. The van der Waals surface area contributed by atoms with E-state index < -0.39 is 5.41 Å². The van der Waals surface area contributed by atoms with Gasteiger partial charge in [-0.15, -0.1) is 0 Å². The van der Waals surface area contributed by atoms with Crippen LogP contribution in [0.2, 0.25) is 0 Å². The first-order chi connectivity index (χ1) is 39.1. The molecule has 370 valence electrons. The van der Waals surface area contributed by atoms with E-state index in [2.05, 4.69) is 313 Å². The second-order valence-corrected chi connectivity index (χ2v) is 21.2. The van der Waals surface area contributed by atoms with Crippen molar-refractivity contribution < 1.29 is 0 Å². The van der Waals surface area contributed by atoms with Crippen molar-refractivity contribution in [2.24, 2.45) is 7.05 Å². The van der Waals surface area contributed by atoms with Crippen molar-refractivity contribution in [2.75, 3.05) is 9.80 Å². The van der Waals surface area contributed by atoms with Crippen LogP contribution in [-0.4, -0.2) is 4.57 Å². The fraction of sp³-hybridized carbons (Fsp3) is 0.0263. The molecule has 14 aromatic rings. The molecule has 0 bridgehead atoms. The molecule has 2 aliphatic carbocycles. The summed E-state index contributed by atoms with van der Waals surface area (Å²) in [5.41, 5.74) is 23.1. The van der Waals surface area contributed by atoms with Gasteiger partial charge in [0.1, 0.15) is 0 Å². The summed E-state index contributed by atoms with van der Waals surface area (Å²) in [4.78, 5) is 4.99. The lowest BCUT2D eigenvalue weighted by Gasteiger charge is -2.35. The molecule has 1 unspecified atom stereocenters. The van der Waals surface area contributed by atoms with Gasteiger partial charge in [0.25, 0.3) is 0 Å². The van der Waals surface area contributed by atoms with Gasteiger partial charge in [-0.2, -0.15) is 0 Å². The number of nitrogens with zero attached hydrogens (tertiary/aromatic N) is 3. The Morgan fingerprint density at radius 1 is 0.266 bits per heavy atom. The van der Waals surface area contributed by atoms with E-state index in [0.29, 0.717) is 0 Å². The molecule has 1 heterocycles. The summed E-state index contributed by atoms with van der Waals surface area (Å²) in [6.45, 7) is 0. The third kappa shape index (κ3) is 6.79. The molecule has 79 heavy (non-hydrogen) atoms. The van der Waals surface area contributed by atoms with Gasteiger partial charge in [0, 0.05) is 57.2 Å². The molecule has 0 N–H and O–H groups in total. The lowest BCUT2D eigenvalue weighted by Crippen LogP contribution is -2.27. The summed E-state index contributed by atoms with van der Waals surface area (Å²) in [6.07, 6.45) is 0. The average Bonchev–Trinajstić information content (AvgIpc) is 4.28. The molecule has 3 heteroatoms. The molecule has 0 aliphatic heterocycles. The summed E-state index contributed by atoms with van der Waals surface area (Å²) in [7, 11) is 2.20. The van der Waals surface area contributed by atoms with Gasteiger partial charge in [0.05, 0.1) is 22.3 Å². The normalized spacial score (nSPS) is 13.9. The van der Waals surface area contributed by atoms with Gasteiger partial charge < -0.3 is 14.4 Å². The monoisotopic (exact) mass is 1010 g/mol. The second kappa shape index (κ2) is 17.7.